The molecule has 0 aromatic heterocycles. The fourth-order valence-corrected chi connectivity index (χ4v) is 0.964. The number of nitrogens with one attached hydrogen (secondary N) is 1. The monoisotopic (exact) mass is 117 g/mol. The van der Waals surface area contributed by atoms with Crippen LogP contribution in [0.25, 0.3) is 0 Å². The van der Waals surface area contributed by atoms with Crippen molar-refractivity contribution in [3.63, 3.8) is 0 Å². The van der Waals surface area contributed by atoms with Crippen molar-refractivity contribution in [3.05, 3.63) is 0 Å². The molecule has 1 fully saturated rings. The minimum atomic E-state index is -0.591. The van der Waals surface area contributed by atoms with Gasteiger partial charge in [-0.25, -0.2) is 4.39 Å². The summed E-state index contributed by atoms with van der Waals surface area (Å²) in [6.07, 6.45) is 1.14. The summed E-state index contributed by atoms with van der Waals surface area (Å²) in [5, 5.41) is 3.06. The topological polar surface area (TPSA) is 12.0 Å². The van der Waals surface area contributed by atoms with Crippen molar-refractivity contribution in [1.29, 1.82) is 0 Å². The molecule has 8 heavy (non-hydrogen) atoms. The first kappa shape index (κ1) is 6.02. The molecule has 0 saturated carbocycles. The molecule has 2 atom stereocenters. The second-order valence-corrected chi connectivity index (χ2v) is 2.48. The number of rotatable bonds is 0. The fraction of sp³-hybridized carbons (Fsp3) is 1.00. The molecule has 1 aliphatic rings. The first-order chi connectivity index (χ1) is 3.79. The lowest BCUT2D eigenvalue weighted by Crippen LogP contribution is -2.37. The molecule has 0 bridgehead atoms. The number of hydrogen-bond acceptors (Lipinski definition) is 1. The zero-order valence-corrected chi connectivity index (χ0v) is 5.15. The molecule has 1 saturated heterocycles. The molecule has 48 valence electrons. The van der Waals surface area contributed by atoms with E-state index in [4.69, 9.17) is 0 Å². The van der Waals surface area contributed by atoms with Gasteiger partial charge in [-0.2, -0.15) is 0 Å². The third-order valence-electron chi connectivity index (χ3n) is 1.60. The quantitative estimate of drug-likeness (QED) is 0.501. The van der Waals surface area contributed by atoms with E-state index in [0.29, 0.717) is 12.6 Å². The molecular weight excluding hydrogens is 105 g/mol. The second kappa shape index (κ2) is 2.44. The molecule has 0 spiro atoms. The van der Waals surface area contributed by atoms with Crippen LogP contribution in [0.3, 0.4) is 0 Å². The highest BCUT2D eigenvalue weighted by molar-refractivity contribution is 4.73. The van der Waals surface area contributed by atoms with Crippen LogP contribution in [0.15, 0.2) is 0 Å². The molecule has 1 aliphatic heterocycles. The number of hydrogen-bond donors (Lipinski definition) is 1. The minimum Gasteiger partial charge on any atom is -0.311 e. The van der Waals surface area contributed by atoms with E-state index in [1.54, 1.807) is 0 Å². The van der Waals surface area contributed by atoms with Gasteiger partial charge in [0.1, 0.15) is 6.17 Å². The van der Waals surface area contributed by atoms with E-state index in [1.165, 1.54) is 0 Å². The molecule has 2 heteroatoms. The maximum Gasteiger partial charge on any atom is 0.113 e. The van der Waals surface area contributed by atoms with Gasteiger partial charge in [0.15, 0.2) is 0 Å². The first-order valence-corrected chi connectivity index (χ1v) is 3.16. The van der Waals surface area contributed by atoms with Gasteiger partial charge in [-0.3, -0.25) is 0 Å². The van der Waals surface area contributed by atoms with Crippen LogP contribution >= 0.6 is 0 Å². The normalized spacial score (nSPS) is 39.8. The Morgan fingerprint density at radius 3 is 2.62 bits per heavy atom. The largest absolute Gasteiger partial charge is 0.311 e. The molecule has 0 aromatic carbocycles. The van der Waals surface area contributed by atoms with Gasteiger partial charge in [0.25, 0.3) is 0 Å². The van der Waals surface area contributed by atoms with Gasteiger partial charge < -0.3 is 5.32 Å². The van der Waals surface area contributed by atoms with E-state index in [2.05, 4.69) is 12.2 Å². The Bertz CT molecular complexity index is 56.9. The predicted octanol–water partition coefficient (Wildman–Crippen LogP) is 1.10. The number of halogens is 1. The highest BCUT2D eigenvalue weighted by Crippen LogP contribution is 2.09. The number of alkyl halides is 1. The summed E-state index contributed by atoms with van der Waals surface area (Å²) < 4.78 is 12.3. The van der Waals surface area contributed by atoms with Gasteiger partial charge in [-0.05, 0) is 19.8 Å². The van der Waals surface area contributed by atoms with Gasteiger partial charge in [0.2, 0.25) is 0 Å². The highest BCUT2D eigenvalue weighted by atomic mass is 19.1. The third-order valence-corrected chi connectivity index (χ3v) is 1.60. The van der Waals surface area contributed by atoms with E-state index >= 15 is 0 Å². The average molecular weight is 117 g/mol. The van der Waals surface area contributed by atoms with E-state index in [9.17, 15) is 4.39 Å². The standard InChI is InChI=1S/C6H12FN/c1-5-2-3-6(7)4-8-5/h5-6,8H,2-4H2,1H3/t5?,6-/m1/s1. The Morgan fingerprint density at radius 1 is 1.50 bits per heavy atom. The van der Waals surface area contributed by atoms with Gasteiger partial charge in [0, 0.05) is 12.6 Å². The van der Waals surface area contributed by atoms with Gasteiger partial charge >= 0.3 is 0 Å². The van der Waals surface area contributed by atoms with Crippen molar-refractivity contribution < 1.29 is 4.39 Å². The van der Waals surface area contributed by atoms with Crippen LogP contribution in [-0.4, -0.2) is 18.8 Å². The highest BCUT2D eigenvalue weighted by Gasteiger charge is 2.15. The Morgan fingerprint density at radius 2 is 2.25 bits per heavy atom. The fourth-order valence-electron chi connectivity index (χ4n) is 0.964. The van der Waals surface area contributed by atoms with Crippen LogP contribution in [0.5, 0.6) is 0 Å². The molecule has 1 nitrogen and oxygen atoms in total. The molecule has 1 N–H and O–H groups in total. The summed E-state index contributed by atoms with van der Waals surface area (Å²) >= 11 is 0. The van der Waals surface area contributed by atoms with E-state index in [0.717, 1.165) is 12.8 Å². The Labute approximate surface area is 49.3 Å². The summed E-state index contributed by atoms with van der Waals surface area (Å²) in [5.74, 6) is 0. The SMILES string of the molecule is CC1CC[C@@H](F)CN1. The Kier molecular flexibility index (Phi) is 1.84. The zero-order valence-electron chi connectivity index (χ0n) is 5.15. The molecule has 0 aliphatic carbocycles. The van der Waals surface area contributed by atoms with Crippen LogP contribution < -0.4 is 5.32 Å². The summed E-state index contributed by atoms with van der Waals surface area (Å²) in [6, 6.07) is 0.530. The van der Waals surface area contributed by atoms with Crippen LogP contribution in [-0.2, 0) is 0 Å². The lowest BCUT2D eigenvalue weighted by atomic mass is 10.1. The van der Waals surface area contributed by atoms with E-state index in [-0.39, 0.29) is 0 Å². The van der Waals surface area contributed by atoms with Crippen molar-refractivity contribution >= 4 is 0 Å². The number of piperidine rings is 1. The van der Waals surface area contributed by atoms with Gasteiger partial charge in [0.05, 0.1) is 0 Å². The summed E-state index contributed by atoms with van der Waals surface area (Å²) in [6.45, 7) is 2.65. The lowest BCUT2D eigenvalue weighted by Gasteiger charge is -2.21. The van der Waals surface area contributed by atoms with Crippen molar-refractivity contribution in [2.45, 2.75) is 32.0 Å². The van der Waals surface area contributed by atoms with Crippen LogP contribution in [0.1, 0.15) is 19.8 Å². The maximum absolute atomic E-state index is 12.3. The summed E-state index contributed by atoms with van der Waals surface area (Å²) in [4.78, 5) is 0. The third kappa shape index (κ3) is 1.44. The van der Waals surface area contributed by atoms with Gasteiger partial charge in [-0.15, -0.1) is 0 Å². The Balaban J connectivity index is 2.19. The van der Waals surface area contributed by atoms with Crippen molar-refractivity contribution in [2.75, 3.05) is 6.54 Å². The van der Waals surface area contributed by atoms with Crippen molar-refractivity contribution in [2.24, 2.45) is 0 Å². The summed E-state index contributed by atoms with van der Waals surface area (Å²) in [7, 11) is 0. The molecule has 1 rings (SSSR count). The lowest BCUT2D eigenvalue weighted by molar-refractivity contribution is 0.239. The van der Waals surface area contributed by atoms with Gasteiger partial charge in [-0.1, -0.05) is 0 Å². The van der Waals surface area contributed by atoms with Crippen LogP contribution in [0.4, 0.5) is 4.39 Å². The van der Waals surface area contributed by atoms with Crippen LogP contribution in [0.2, 0.25) is 0 Å². The average Bonchev–Trinajstić information content (AvgIpc) is 1.77. The van der Waals surface area contributed by atoms with Crippen LogP contribution in [0, 0.1) is 0 Å². The molecule has 0 radical (unpaired) electrons. The smallest absolute Gasteiger partial charge is 0.113 e. The van der Waals surface area contributed by atoms with E-state index in [1.807, 2.05) is 0 Å². The zero-order chi connectivity index (χ0) is 5.98. The Hall–Kier alpha value is -0.110. The molecule has 1 heterocycles. The summed E-state index contributed by atoms with van der Waals surface area (Å²) in [5.41, 5.74) is 0. The minimum absolute atomic E-state index is 0.530. The second-order valence-electron chi connectivity index (χ2n) is 2.48. The van der Waals surface area contributed by atoms with Crippen molar-refractivity contribution in [1.82, 2.24) is 5.32 Å². The molecule has 0 aromatic rings. The molecular formula is C6H12FN. The molecule has 1 unspecified atom stereocenters. The predicted molar refractivity (Wildman–Crippen MR) is 31.6 cm³/mol. The van der Waals surface area contributed by atoms with E-state index < -0.39 is 6.17 Å². The first-order valence-electron chi connectivity index (χ1n) is 3.16. The maximum atomic E-state index is 12.3. The molecule has 0 amide bonds. The van der Waals surface area contributed by atoms with Crippen molar-refractivity contribution in [3.8, 4) is 0 Å².